The lowest BCUT2D eigenvalue weighted by molar-refractivity contribution is -0.129. The maximum absolute atomic E-state index is 12.8. The Morgan fingerprint density at radius 1 is 1.09 bits per heavy atom. The number of thioether (sulfide) groups is 1. The fourth-order valence-corrected chi connectivity index (χ4v) is 5.20. The first-order valence-electron chi connectivity index (χ1n) is 11.5. The van der Waals surface area contributed by atoms with Crippen LogP contribution in [0.5, 0.6) is 0 Å². The van der Waals surface area contributed by atoms with Crippen molar-refractivity contribution in [3.63, 3.8) is 0 Å². The molecule has 0 spiro atoms. The van der Waals surface area contributed by atoms with E-state index >= 15 is 0 Å². The van der Waals surface area contributed by atoms with Crippen LogP contribution >= 0.6 is 11.8 Å². The number of amides is 2. The van der Waals surface area contributed by atoms with Crippen molar-refractivity contribution in [1.82, 2.24) is 24.3 Å². The third-order valence-corrected chi connectivity index (χ3v) is 6.93. The number of piperazine rings is 1. The minimum absolute atomic E-state index is 0.0139. The molecule has 32 heavy (non-hydrogen) atoms. The van der Waals surface area contributed by atoms with E-state index in [2.05, 4.69) is 9.88 Å². The van der Waals surface area contributed by atoms with Gasteiger partial charge in [0.15, 0.2) is 0 Å². The Balaban J connectivity index is 1.61. The minimum Gasteiger partial charge on any atom is -0.450 e. The van der Waals surface area contributed by atoms with Gasteiger partial charge in [0, 0.05) is 44.0 Å². The molecule has 1 aliphatic heterocycles. The standard InChI is InChI=1S/C22H35N5O4S/c1-4-31-22(30)26-14-12-25(13-15-26)19(28)16-32-20-17-8-5-6-9-18(17)27(21(29)23-20)11-7-10-24(2)3/h4-16H2,1-3H3. The molecule has 1 saturated heterocycles. The fraction of sp³-hybridized carbons (Fsp3) is 0.727. The van der Waals surface area contributed by atoms with E-state index in [-0.39, 0.29) is 23.4 Å². The molecule has 2 amide bonds. The lowest BCUT2D eigenvalue weighted by atomic mass is 9.97. The Labute approximate surface area is 194 Å². The van der Waals surface area contributed by atoms with Gasteiger partial charge in [0.1, 0.15) is 5.03 Å². The van der Waals surface area contributed by atoms with Crippen LogP contribution in [0.4, 0.5) is 4.79 Å². The van der Waals surface area contributed by atoms with E-state index in [1.54, 1.807) is 16.7 Å². The molecule has 1 aromatic heterocycles. The molecule has 2 aliphatic rings. The summed E-state index contributed by atoms with van der Waals surface area (Å²) in [5.74, 6) is 0.267. The molecule has 0 N–H and O–H groups in total. The maximum Gasteiger partial charge on any atom is 0.409 e. The van der Waals surface area contributed by atoms with Crippen molar-refractivity contribution in [2.75, 3.05) is 59.2 Å². The lowest BCUT2D eigenvalue weighted by Crippen LogP contribution is -2.51. The van der Waals surface area contributed by atoms with E-state index in [0.717, 1.165) is 49.9 Å². The first kappa shape index (κ1) is 24.6. The quantitative estimate of drug-likeness (QED) is 0.424. The van der Waals surface area contributed by atoms with Gasteiger partial charge < -0.3 is 19.4 Å². The Bertz CT molecular complexity index is 865. The van der Waals surface area contributed by atoms with Gasteiger partial charge in [-0.25, -0.2) is 9.59 Å². The molecule has 0 radical (unpaired) electrons. The van der Waals surface area contributed by atoms with Crippen LogP contribution in [0, 0.1) is 0 Å². The number of carbonyl (C=O) groups excluding carboxylic acids is 2. The van der Waals surface area contributed by atoms with Crippen molar-refractivity contribution in [1.29, 1.82) is 0 Å². The predicted octanol–water partition coefficient (Wildman–Crippen LogP) is 1.47. The summed E-state index contributed by atoms with van der Waals surface area (Å²) in [5, 5.41) is 0.715. The molecule has 3 rings (SSSR count). The van der Waals surface area contributed by atoms with Crippen molar-refractivity contribution in [3.8, 4) is 0 Å². The number of rotatable bonds is 8. The van der Waals surface area contributed by atoms with Crippen LogP contribution in [-0.4, -0.2) is 95.4 Å². The van der Waals surface area contributed by atoms with E-state index in [9.17, 15) is 14.4 Å². The summed E-state index contributed by atoms with van der Waals surface area (Å²) < 4.78 is 6.88. The zero-order chi connectivity index (χ0) is 23.1. The van der Waals surface area contributed by atoms with Gasteiger partial charge in [-0.1, -0.05) is 11.8 Å². The number of hydrogen-bond donors (Lipinski definition) is 0. The number of fused-ring (bicyclic) bond motifs is 1. The topological polar surface area (TPSA) is 88.0 Å². The number of aromatic nitrogens is 2. The zero-order valence-electron chi connectivity index (χ0n) is 19.5. The van der Waals surface area contributed by atoms with E-state index < -0.39 is 0 Å². The number of ether oxygens (including phenoxy) is 1. The van der Waals surface area contributed by atoms with E-state index in [1.165, 1.54) is 11.8 Å². The van der Waals surface area contributed by atoms with Gasteiger partial charge in [-0.2, -0.15) is 4.98 Å². The summed E-state index contributed by atoms with van der Waals surface area (Å²) in [5.41, 5.74) is 2.04. The van der Waals surface area contributed by atoms with Crippen LogP contribution in [0.15, 0.2) is 9.82 Å². The third kappa shape index (κ3) is 6.25. The van der Waals surface area contributed by atoms with Crippen LogP contribution in [0.25, 0.3) is 0 Å². The van der Waals surface area contributed by atoms with Gasteiger partial charge in [0.25, 0.3) is 0 Å². The highest BCUT2D eigenvalue weighted by Crippen LogP contribution is 2.28. The van der Waals surface area contributed by atoms with Gasteiger partial charge in [0.05, 0.1) is 12.4 Å². The molecular formula is C22H35N5O4S. The largest absolute Gasteiger partial charge is 0.450 e. The highest BCUT2D eigenvalue weighted by atomic mass is 32.2. The Morgan fingerprint density at radius 3 is 2.47 bits per heavy atom. The molecular weight excluding hydrogens is 430 g/mol. The Hall–Kier alpha value is -2.07. The van der Waals surface area contributed by atoms with Gasteiger partial charge >= 0.3 is 11.8 Å². The monoisotopic (exact) mass is 465 g/mol. The second kappa shape index (κ2) is 11.7. The third-order valence-electron chi connectivity index (χ3n) is 5.93. The molecule has 0 aromatic carbocycles. The number of hydrogen-bond acceptors (Lipinski definition) is 7. The molecule has 1 aromatic rings. The van der Waals surface area contributed by atoms with E-state index in [1.807, 2.05) is 18.7 Å². The summed E-state index contributed by atoms with van der Waals surface area (Å²) in [6.45, 7) is 5.69. The molecule has 10 heteroatoms. The highest BCUT2D eigenvalue weighted by Gasteiger charge is 2.26. The van der Waals surface area contributed by atoms with Crippen LogP contribution in [0.2, 0.25) is 0 Å². The molecule has 1 aliphatic carbocycles. The Kier molecular flexibility index (Phi) is 8.98. The molecule has 178 valence electrons. The van der Waals surface area contributed by atoms with Gasteiger partial charge in [-0.05, 0) is 59.7 Å². The minimum atomic E-state index is -0.323. The Morgan fingerprint density at radius 2 is 1.78 bits per heavy atom. The van der Waals surface area contributed by atoms with Crippen LogP contribution in [0.3, 0.4) is 0 Å². The zero-order valence-corrected chi connectivity index (χ0v) is 20.3. The molecule has 0 atom stereocenters. The summed E-state index contributed by atoms with van der Waals surface area (Å²) in [6, 6.07) is 0. The predicted molar refractivity (Wildman–Crippen MR) is 124 cm³/mol. The normalized spacial score (nSPS) is 16.2. The first-order chi connectivity index (χ1) is 15.4. The molecule has 9 nitrogen and oxygen atoms in total. The smallest absolute Gasteiger partial charge is 0.409 e. The maximum atomic E-state index is 12.8. The lowest BCUT2D eigenvalue weighted by Gasteiger charge is -2.34. The molecule has 0 bridgehead atoms. The number of nitrogens with zero attached hydrogens (tertiary/aromatic N) is 5. The SMILES string of the molecule is CCOC(=O)N1CCN(C(=O)CSc2nc(=O)n(CCCN(C)C)c3c2CCCC3)CC1. The van der Waals surface area contributed by atoms with Crippen molar-refractivity contribution in [3.05, 3.63) is 21.7 Å². The molecule has 0 unspecified atom stereocenters. The van der Waals surface area contributed by atoms with Gasteiger partial charge in [-0.15, -0.1) is 0 Å². The average Bonchev–Trinajstić information content (AvgIpc) is 2.79. The van der Waals surface area contributed by atoms with Gasteiger partial charge in [0.2, 0.25) is 5.91 Å². The van der Waals surface area contributed by atoms with Crippen LogP contribution in [-0.2, 0) is 28.9 Å². The molecule has 1 fully saturated rings. The fourth-order valence-electron chi connectivity index (χ4n) is 4.22. The van der Waals surface area contributed by atoms with Crippen molar-refractivity contribution >= 4 is 23.8 Å². The van der Waals surface area contributed by atoms with Crippen molar-refractivity contribution < 1.29 is 14.3 Å². The van der Waals surface area contributed by atoms with Crippen molar-refractivity contribution in [2.24, 2.45) is 0 Å². The summed E-state index contributed by atoms with van der Waals surface area (Å²) in [6.07, 6.45) is 4.55. The molecule has 0 saturated carbocycles. The second-order valence-electron chi connectivity index (χ2n) is 8.50. The summed E-state index contributed by atoms with van der Waals surface area (Å²) >= 11 is 1.37. The number of carbonyl (C=O) groups is 2. The summed E-state index contributed by atoms with van der Waals surface area (Å²) in [4.78, 5) is 47.3. The highest BCUT2D eigenvalue weighted by molar-refractivity contribution is 7.99. The second-order valence-corrected chi connectivity index (χ2v) is 9.46. The van der Waals surface area contributed by atoms with Crippen LogP contribution in [0.1, 0.15) is 37.4 Å². The van der Waals surface area contributed by atoms with Crippen molar-refractivity contribution in [2.45, 2.75) is 50.6 Å². The van der Waals surface area contributed by atoms with Gasteiger partial charge in [-0.3, -0.25) is 9.36 Å². The van der Waals surface area contributed by atoms with E-state index in [4.69, 9.17) is 4.74 Å². The first-order valence-corrected chi connectivity index (χ1v) is 12.5. The van der Waals surface area contributed by atoms with E-state index in [0.29, 0.717) is 44.4 Å². The van der Waals surface area contributed by atoms with Crippen LogP contribution < -0.4 is 5.69 Å². The molecule has 2 heterocycles. The summed E-state index contributed by atoms with van der Waals surface area (Å²) in [7, 11) is 4.06. The average molecular weight is 466 g/mol.